The second-order valence-corrected chi connectivity index (χ2v) is 11.6. The predicted molar refractivity (Wildman–Crippen MR) is 150 cm³/mol. The van der Waals surface area contributed by atoms with E-state index in [1.165, 1.54) is 0 Å². The molecule has 0 radical (unpaired) electrons. The van der Waals surface area contributed by atoms with Gasteiger partial charge in [0.05, 0.1) is 22.8 Å². The number of aliphatic hydroxyl groups excluding tert-OH is 1. The zero-order chi connectivity index (χ0) is 30.3. The van der Waals surface area contributed by atoms with Crippen molar-refractivity contribution in [1.29, 1.82) is 0 Å². The summed E-state index contributed by atoms with van der Waals surface area (Å²) < 4.78 is 47.5. The highest BCUT2D eigenvalue weighted by Gasteiger charge is 2.32. The number of halogens is 5. The van der Waals surface area contributed by atoms with Crippen molar-refractivity contribution < 1.29 is 27.8 Å². The molecule has 0 aliphatic carbocycles. The van der Waals surface area contributed by atoms with Crippen molar-refractivity contribution in [2.45, 2.75) is 58.7 Å². The van der Waals surface area contributed by atoms with Crippen molar-refractivity contribution in [3.05, 3.63) is 49.6 Å². The molecule has 16 heteroatoms. The molecule has 1 fully saturated rings. The molecule has 3 heterocycles. The Morgan fingerprint density at radius 1 is 1.22 bits per heavy atom. The van der Waals surface area contributed by atoms with Crippen molar-refractivity contribution in [3.8, 4) is 0 Å². The highest BCUT2D eigenvalue weighted by molar-refractivity contribution is 9.10. The van der Waals surface area contributed by atoms with Gasteiger partial charge in [-0.15, -0.1) is 5.10 Å². The van der Waals surface area contributed by atoms with Crippen LogP contribution in [0.5, 0.6) is 0 Å². The molecule has 0 spiro atoms. The topological polar surface area (TPSA) is 117 Å². The minimum atomic E-state index is -4.56. The molecule has 0 saturated carbocycles. The molecule has 224 valence electrons. The lowest BCUT2D eigenvalue weighted by Gasteiger charge is -2.37. The highest BCUT2D eigenvalue weighted by Crippen LogP contribution is 2.34. The number of nitrogens with zero attached hydrogens (tertiary/aromatic N) is 6. The van der Waals surface area contributed by atoms with Gasteiger partial charge in [0.25, 0.3) is 5.56 Å². The van der Waals surface area contributed by atoms with Crippen LogP contribution in [-0.2, 0) is 23.9 Å². The molecule has 1 saturated heterocycles. The molecule has 3 aromatic rings. The van der Waals surface area contributed by atoms with Crippen LogP contribution in [0, 0.1) is 0 Å². The minimum Gasteiger partial charge on any atom is -0.444 e. The first-order valence-corrected chi connectivity index (χ1v) is 14.0. The smallest absolute Gasteiger partial charge is 0.416 e. The number of piperazine rings is 1. The second kappa shape index (κ2) is 11.7. The third kappa shape index (κ3) is 6.89. The van der Waals surface area contributed by atoms with Crippen molar-refractivity contribution in [2.75, 3.05) is 36.4 Å². The van der Waals surface area contributed by atoms with E-state index in [-0.39, 0.29) is 27.8 Å². The van der Waals surface area contributed by atoms with Gasteiger partial charge in [-0.05, 0) is 61.3 Å². The van der Waals surface area contributed by atoms with E-state index in [2.05, 4.69) is 31.3 Å². The molecule has 1 aliphatic rings. The summed E-state index contributed by atoms with van der Waals surface area (Å²) in [6.45, 7) is 8.43. The average molecular weight is 665 g/mol. The maximum atomic E-state index is 13.6. The molecular weight excluding hydrogens is 635 g/mol. The third-order valence-corrected chi connectivity index (χ3v) is 7.00. The Hall–Kier alpha value is -3.04. The fraction of sp³-hybridized carbons (Fsp3) is 0.520. The van der Waals surface area contributed by atoms with Gasteiger partial charge in [-0.3, -0.25) is 4.79 Å². The minimum absolute atomic E-state index is 0.100. The molecule has 1 aliphatic heterocycles. The molecule has 4 rings (SSSR count). The summed E-state index contributed by atoms with van der Waals surface area (Å²) in [5.41, 5.74) is -0.952. The molecule has 1 atom stereocenters. The number of nitrogens with one attached hydrogen (secondary N) is 1. The number of alkyl halides is 3. The average Bonchev–Trinajstić information content (AvgIpc) is 3.27. The number of aliphatic hydroxyl groups is 1. The van der Waals surface area contributed by atoms with E-state index in [9.17, 15) is 27.9 Å². The Labute approximate surface area is 247 Å². The van der Waals surface area contributed by atoms with Gasteiger partial charge < -0.3 is 29.5 Å². The Morgan fingerprint density at radius 2 is 1.88 bits per heavy atom. The van der Waals surface area contributed by atoms with Gasteiger partial charge in [0.2, 0.25) is 10.5 Å². The molecule has 0 bridgehead atoms. The van der Waals surface area contributed by atoms with Gasteiger partial charge in [0.15, 0.2) is 0 Å². The summed E-state index contributed by atoms with van der Waals surface area (Å²) in [6, 6.07) is 2.77. The van der Waals surface area contributed by atoms with Gasteiger partial charge in [-0.25, -0.2) is 4.79 Å². The molecule has 2 N–H and O–H groups in total. The van der Waals surface area contributed by atoms with E-state index in [0.717, 1.165) is 22.7 Å². The van der Waals surface area contributed by atoms with Crippen LogP contribution in [0.3, 0.4) is 0 Å². The van der Waals surface area contributed by atoms with Gasteiger partial charge in [-0.1, -0.05) is 18.5 Å². The van der Waals surface area contributed by atoms with Gasteiger partial charge in [0, 0.05) is 31.9 Å². The Kier molecular flexibility index (Phi) is 8.81. The van der Waals surface area contributed by atoms with E-state index >= 15 is 0 Å². The van der Waals surface area contributed by atoms with Crippen LogP contribution >= 0.6 is 27.5 Å². The van der Waals surface area contributed by atoms with Crippen molar-refractivity contribution in [2.24, 2.45) is 0 Å². The maximum absolute atomic E-state index is 13.6. The first-order valence-electron chi connectivity index (χ1n) is 12.8. The number of carbonyl (C=O) groups is 1. The monoisotopic (exact) mass is 663 g/mol. The number of anilines is 2. The van der Waals surface area contributed by atoms with Crippen LogP contribution in [0.4, 0.5) is 29.3 Å². The fourth-order valence-electron chi connectivity index (χ4n) is 4.58. The molecule has 11 nitrogen and oxygen atoms in total. The number of aromatic nitrogens is 4. The molecule has 2 aromatic heterocycles. The van der Waals surface area contributed by atoms with Crippen LogP contribution in [-0.4, -0.2) is 73.3 Å². The number of amides is 1. The second-order valence-electron chi connectivity index (χ2n) is 10.5. The lowest BCUT2D eigenvalue weighted by atomic mass is 10.2. The zero-order valence-electron chi connectivity index (χ0n) is 22.8. The predicted octanol–water partition coefficient (Wildman–Crippen LogP) is 4.38. The summed E-state index contributed by atoms with van der Waals surface area (Å²) in [6.07, 6.45) is -5.94. The number of carbonyl (C=O) groups excluding carboxylic acids is 1. The molecule has 41 heavy (non-hydrogen) atoms. The molecule has 1 aromatic carbocycles. The quantitative estimate of drug-likeness (QED) is 0.373. The molecule has 1 unspecified atom stereocenters. The number of benzene rings is 1. The number of hydrogen-bond acceptors (Lipinski definition) is 8. The Balaban J connectivity index is 1.63. The largest absolute Gasteiger partial charge is 0.444 e. The lowest BCUT2D eigenvalue weighted by Crippen LogP contribution is -2.51. The normalized spacial score (nSPS) is 15.4. The maximum Gasteiger partial charge on any atom is 0.416 e. The first kappa shape index (κ1) is 30.9. The summed E-state index contributed by atoms with van der Waals surface area (Å²) in [7, 11) is 0. The standard InChI is InChI=1S/C25H30BrClF3N7O4/c1-5-17-19(34-8-10-35(11-9-34)23(40)41-24(2,3)4)20(39)37-22(32-21(26)33-37)36(17)13-18(38)31-16-7-6-14(12-15(16)27)25(28,29)30/h6-7,12,18,31,38H,5,8-11,13H2,1-4H3. The Morgan fingerprint density at radius 3 is 2.44 bits per heavy atom. The summed E-state index contributed by atoms with van der Waals surface area (Å²) in [5.74, 6) is 0.161. The van der Waals surface area contributed by atoms with Crippen LogP contribution in [0.1, 0.15) is 39.0 Å². The van der Waals surface area contributed by atoms with Crippen molar-refractivity contribution in [1.82, 2.24) is 24.1 Å². The summed E-state index contributed by atoms with van der Waals surface area (Å²) >= 11 is 9.26. The number of rotatable bonds is 6. The zero-order valence-corrected chi connectivity index (χ0v) is 25.1. The number of ether oxygens (including phenoxy) is 1. The van der Waals surface area contributed by atoms with Crippen LogP contribution < -0.4 is 15.8 Å². The number of hydrogen-bond donors (Lipinski definition) is 2. The lowest BCUT2D eigenvalue weighted by molar-refractivity contribution is -0.137. The first-order chi connectivity index (χ1) is 19.1. The summed E-state index contributed by atoms with van der Waals surface area (Å²) in [5, 5.41) is 17.6. The van der Waals surface area contributed by atoms with Crippen LogP contribution in [0.15, 0.2) is 27.7 Å². The van der Waals surface area contributed by atoms with E-state index in [1.807, 2.05) is 11.8 Å². The summed E-state index contributed by atoms with van der Waals surface area (Å²) in [4.78, 5) is 33.9. The SMILES string of the molecule is CCc1c(N2CCN(C(=O)OC(C)(C)C)CC2)c(=O)n2nc(Br)nc2n1CC(O)Nc1ccc(C(F)(F)F)cc1Cl. The molecule has 1 amide bonds. The highest BCUT2D eigenvalue weighted by atomic mass is 79.9. The molecular formula is C25H30BrClF3N7O4. The van der Waals surface area contributed by atoms with Crippen LogP contribution in [0.25, 0.3) is 5.78 Å². The van der Waals surface area contributed by atoms with E-state index < -0.39 is 35.2 Å². The fourth-order valence-corrected chi connectivity index (χ4v) is 5.13. The van der Waals surface area contributed by atoms with Crippen LogP contribution in [0.2, 0.25) is 5.02 Å². The van der Waals surface area contributed by atoms with Crippen molar-refractivity contribution >= 4 is 50.8 Å². The van der Waals surface area contributed by atoms with Gasteiger partial charge >= 0.3 is 12.3 Å². The van der Waals surface area contributed by atoms with E-state index in [1.54, 1.807) is 30.2 Å². The van der Waals surface area contributed by atoms with Crippen molar-refractivity contribution in [3.63, 3.8) is 0 Å². The van der Waals surface area contributed by atoms with E-state index in [4.69, 9.17) is 16.3 Å². The number of fused-ring (bicyclic) bond motifs is 1. The van der Waals surface area contributed by atoms with Gasteiger partial charge in [0.1, 0.15) is 17.5 Å². The third-order valence-electron chi connectivity index (χ3n) is 6.36. The Bertz CT molecular complexity index is 1500. The van der Waals surface area contributed by atoms with E-state index in [0.29, 0.717) is 44.0 Å². The van der Waals surface area contributed by atoms with Gasteiger partial charge in [-0.2, -0.15) is 22.7 Å².